The monoisotopic (exact) mass is 268 g/mol. The summed E-state index contributed by atoms with van der Waals surface area (Å²) >= 11 is 11.8. The summed E-state index contributed by atoms with van der Waals surface area (Å²) in [5, 5.41) is -0.00680. The lowest BCUT2D eigenvalue weighted by atomic mass is 10.1. The second-order valence-corrected chi connectivity index (χ2v) is 4.56. The molecule has 0 aliphatic carbocycles. The Kier molecular flexibility index (Phi) is 3.82. The Labute approximate surface area is 109 Å². The molecule has 1 heterocycles. The van der Waals surface area contributed by atoms with Gasteiger partial charge in [-0.2, -0.15) is 0 Å². The van der Waals surface area contributed by atoms with E-state index in [1.807, 2.05) is 0 Å². The van der Waals surface area contributed by atoms with E-state index in [9.17, 15) is 4.79 Å². The molecule has 0 fully saturated rings. The Morgan fingerprint density at radius 2 is 2.06 bits per heavy atom. The maximum Gasteiger partial charge on any atom is 0.182 e. The Morgan fingerprint density at radius 3 is 2.65 bits per heavy atom. The van der Waals surface area contributed by atoms with Crippen molar-refractivity contribution in [3.05, 3.63) is 53.6 Å². The van der Waals surface area contributed by atoms with Crippen molar-refractivity contribution in [2.45, 2.75) is 11.9 Å². The summed E-state index contributed by atoms with van der Waals surface area (Å²) in [6.07, 6.45) is 5.05. The van der Waals surface area contributed by atoms with Crippen LogP contribution in [0.2, 0.25) is 5.02 Å². The first-order valence-electron chi connectivity index (χ1n) is 5.06. The number of carbonyl (C=O) groups excluding carboxylic acids is 1. The van der Waals surface area contributed by atoms with Crippen molar-refractivity contribution >= 4 is 29.0 Å². The second-order valence-electron chi connectivity index (χ2n) is 3.60. The van der Waals surface area contributed by atoms with Gasteiger partial charge in [-0.05, 0) is 24.3 Å². The lowest BCUT2D eigenvalue weighted by Crippen LogP contribution is -2.20. The lowest BCUT2D eigenvalue weighted by Gasteiger charge is -2.09. The molecule has 2 rings (SSSR count). The molecule has 0 N–H and O–H groups in total. The minimum absolute atomic E-state index is 0.114. The predicted octanol–water partition coefficient (Wildman–Crippen LogP) is 3.03. The maximum atomic E-state index is 12.0. The summed E-state index contributed by atoms with van der Waals surface area (Å²) in [6, 6.07) is 6.70. The predicted molar refractivity (Wildman–Crippen MR) is 67.7 cm³/mol. The van der Waals surface area contributed by atoms with Gasteiger partial charge < -0.3 is 4.57 Å². The summed E-state index contributed by atoms with van der Waals surface area (Å²) < 4.78 is 1.77. The maximum absolute atomic E-state index is 12.0. The van der Waals surface area contributed by atoms with E-state index in [2.05, 4.69) is 4.98 Å². The van der Waals surface area contributed by atoms with Crippen LogP contribution in [0.3, 0.4) is 0 Å². The number of halogens is 2. The standard InChI is InChI=1S/C12H10Cl2N2O/c13-10-3-1-9(2-4-10)12(17)11(14)7-16-6-5-15-8-16/h1-6,8,11H,7H2. The van der Waals surface area contributed by atoms with Gasteiger partial charge in [-0.3, -0.25) is 4.79 Å². The van der Waals surface area contributed by atoms with E-state index in [1.54, 1.807) is 47.6 Å². The van der Waals surface area contributed by atoms with E-state index in [0.717, 1.165) is 0 Å². The normalized spacial score (nSPS) is 12.4. The molecule has 0 radical (unpaired) electrons. The molecule has 1 aromatic heterocycles. The van der Waals surface area contributed by atoms with Gasteiger partial charge in [-0.15, -0.1) is 11.6 Å². The van der Waals surface area contributed by atoms with Crippen LogP contribution in [0.25, 0.3) is 0 Å². The number of hydrogen-bond acceptors (Lipinski definition) is 2. The number of ketones is 1. The van der Waals surface area contributed by atoms with Crippen molar-refractivity contribution in [1.82, 2.24) is 9.55 Å². The molecule has 0 saturated heterocycles. The van der Waals surface area contributed by atoms with Crippen LogP contribution in [0.1, 0.15) is 10.4 Å². The lowest BCUT2D eigenvalue weighted by molar-refractivity contribution is 0.0981. The van der Waals surface area contributed by atoms with Gasteiger partial charge >= 0.3 is 0 Å². The molecule has 1 atom stereocenters. The van der Waals surface area contributed by atoms with E-state index in [0.29, 0.717) is 17.1 Å². The fraction of sp³-hybridized carbons (Fsp3) is 0.167. The van der Waals surface area contributed by atoms with Gasteiger partial charge in [0.25, 0.3) is 0 Å². The fourth-order valence-electron chi connectivity index (χ4n) is 1.46. The largest absolute Gasteiger partial charge is 0.336 e. The molecule has 0 spiro atoms. The smallest absolute Gasteiger partial charge is 0.182 e. The third kappa shape index (κ3) is 3.08. The van der Waals surface area contributed by atoms with Crippen LogP contribution in [0.15, 0.2) is 43.0 Å². The highest BCUT2D eigenvalue weighted by Crippen LogP contribution is 2.14. The number of Topliss-reactive ketones (excluding diaryl/α,β-unsaturated/α-hetero) is 1. The zero-order chi connectivity index (χ0) is 12.3. The minimum atomic E-state index is -0.606. The van der Waals surface area contributed by atoms with Crippen LogP contribution >= 0.6 is 23.2 Å². The molecular formula is C12H10Cl2N2O. The van der Waals surface area contributed by atoms with Crippen LogP contribution < -0.4 is 0 Å². The third-order valence-electron chi connectivity index (χ3n) is 2.34. The van der Waals surface area contributed by atoms with Crippen molar-refractivity contribution in [1.29, 1.82) is 0 Å². The molecule has 0 aliphatic heterocycles. The number of hydrogen-bond donors (Lipinski definition) is 0. The summed E-state index contributed by atoms with van der Waals surface area (Å²) in [6.45, 7) is 0.406. The molecule has 88 valence electrons. The molecule has 1 unspecified atom stereocenters. The van der Waals surface area contributed by atoms with E-state index < -0.39 is 5.38 Å². The summed E-state index contributed by atoms with van der Waals surface area (Å²) in [4.78, 5) is 15.9. The van der Waals surface area contributed by atoms with Gasteiger partial charge in [0.1, 0.15) is 5.38 Å². The highest BCUT2D eigenvalue weighted by molar-refractivity contribution is 6.34. The molecule has 3 nitrogen and oxygen atoms in total. The van der Waals surface area contributed by atoms with E-state index in [4.69, 9.17) is 23.2 Å². The van der Waals surface area contributed by atoms with E-state index in [1.165, 1.54) is 0 Å². The van der Waals surface area contributed by atoms with E-state index in [-0.39, 0.29) is 5.78 Å². The number of aromatic nitrogens is 2. The van der Waals surface area contributed by atoms with Crippen molar-refractivity contribution in [3.63, 3.8) is 0 Å². The molecule has 0 amide bonds. The Morgan fingerprint density at radius 1 is 1.35 bits per heavy atom. The summed E-state index contributed by atoms with van der Waals surface area (Å²) in [7, 11) is 0. The van der Waals surface area contributed by atoms with E-state index >= 15 is 0 Å². The van der Waals surface area contributed by atoms with Crippen LogP contribution in [0, 0.1) is 0 Å². The highest BCUT2D eigenvalue weighted by atomic mass is 35.5. The molecule has 17 heavy (non-hydrogen) atoms. The first kappa shape index (κ1) is 12.1. The molecular weight excluding hydrogens is 259 g/mol. The average molecular weight is 269 g/mol. The molecule has 5 heteroatoms. The Hall–Kier alpha value is -1.32. The SMILES string of the molecule is O=C(c1ccc(Cl)cc1)C(Cl)Cn1ccnc1. The highest BCUT2D eigenvalue weighted by Gasteiger charge is 2.17. The van der Waals surface area contributed by atoms with Crippen molar-refractivity contribution in [3.8, 4) is 0 Å². The molecule has 0 saturated carbocycles. The number of nitrogens with zero attached hydrogens (tertiary/aromatic N) is 2. The number of carbonyl (C=O) groups is 1. The Bertz CT molecular complexity index is 494. The van der Waals surface area contributed by atoms with Gasteiger partial charge in [0.05, 0.1) is 6.33 Å². The van der Waals surface area contributed by atoms with Gasteiger partial charge in [0.2, 0.25) is 0 Å². The van der Waals surface area contributed by atoms with Crippen LogP contribution in [0.5, 0.6) is 0 Å². The van der Waals surface area contributed by atoms with Crippen molar-refractivity contribution in [2.24, 2.45) is 0 Å². The first-order valence-corrected chi connectivity index (χ1v) is 5.88. The minimum Gasteiger partial charge on any atom is -0.336 e. The van der Waals surface area contributed by atoms with Gasteiger partial charge in [0, 0.05) is 29.5 Å². The molecule has 2 aromatic rings. The number of imidazole rings is 1. The molecule has 0 bridgehead atoms. The average Bonchev–Trinajstić information content (AvgIpc) is 2.82. The molecule has 1 aromatic carbocycles. The number of alkyl halides is 1. The number of benzene rings is 1. The zero-order valence-electron chi connectivity index (χ0n) is 8.88. The van der Waals surface area contributed by atoms with Crippen LogP contribution in [-0.4, -0.2) is 20.7 Å². The summed E-state index contributed by atoms with van der Waals surface area (Å²) in [5.74, 6) is -0.114. The second kappa shape index (κ2) is 5.34. The first-order chi connectivity index (χ1) is 8.16. The van der Waals surface area contributed by atoms with Gasteiger partial charge in [-0.25, -0.2) is 4.98 Å². The van der Waals surface area contributed by atoms with Crippen molar-refractivity contribution in [2.75, 3.05) is 0 Å². The van der Waals surface area contributed by atoms with Crippen LogP contribution in [0.4, 0.5) is 0 Å². The fourth-order valence-corrected chi connectivity index (χ4v) is 1.87. The number of rotatable bonds is 4. The van der Waals surface area contributed by atoms with Gasteiger partial charge in [-0.1, -0.05) is 11.6 Å². The quantitative estimate of drug-likeness (QED) is 0.631. The van der Waals surface area contributed by atoms with Gasteiger partial charge in [0.15, 0.2) is 5.78 Å². The molecule has 0 aliphatic rings. The topological polar surface area (TPSA) is 34.9 Å². The van der Waals surface area contributed by atoms with Crippen LogP contribution in [-0.2, 0) is 6.54 Å². The third-order valence-corrected chi connectivity index (χ3v) is 2.93. The Balaban J connectivity index is 2.07. The van der Waals surface area contributed by atoms with Crippen molar-refractivity contribution < 1.29 is 4.79 Å². The summed E-state index contributed by atoms with van der Waals surface area (Å²) in [5.41, 5.74) is 0.564. The zero-order valence-corrected chi connectivity index (χ0v) is 10.4.